The molecule has 1 saturated heterocycles. The molecule has 31 heavy (non-hydrogen) atoms. The van der Waals surface area contributed by atoms with Crippen LogP contribution in [0.2, 0.25) is 0 Å². The smallest absolute Gasteiger partial charge is 0.416 e. The molecule has 1 aliphatic heterocycles. The van der Waals surface area contributed by atoms with Crippen molar-refractivity contribution in [3.05, 3.63) is 72.1 Å². The number of aromatic nitrogens is 3. The normalized spacial score (nSPS) is 14.1. The van der Waals surface area contributed by atoms with Gasteiger partial charge in [0.2, 0.25) is 0 Å². The van der Waals surface area contributed by atoms with E-state index in [9.17, 15) is 22.4 Å². The third-order valence-corrected chi connectivity index (χ3v) is 4.53. The van der Waals surface area contributed by atoms with Crippen molar-refractivity contribution >= 4 is 17.3 Å². The van der Waals surface area contributed by atoms with Gasteiger partial charge in [0, 0.05) is 12.3 Å². The minimum absolute atomic E-state index is 0.169. The fourth-order valence-corrected chi connectivity index (χ4v) is 3.08. The van der Waals surface area contributed by atoms with Gasteiger partial charge in [0.25, 0.3) is 5.91 Å². The van der Waals surface area contributed by atoms with Gasteiger partial charge in [-0.15, -0.1) is 0 Å². The van der Waals surface area contributed by atoms with Crippen LogP contribution < -0.4 is 15.0 Å². The van der Waals surface area contributed by atoms with Gasteiger partial charge in [-0.2, -0.15) is 23.4 Å². The average molecular weight is 433 g/mol. The number of amides is 1. The molecule has 160 valence electrons. The molecule has 3 heterocycles. The lowest BCUT2D eigenvalue weighted by atomic mass is 10.1. The quantitative estimate of drug-likeness (QED) is 0.620. The molecular formula is C20H15F4N5O2. The maximum atomic E-state index is 13.5. The van der Waals surface area contributed by atoms with Crippen molar-refractivity contribution in [1.82, 2.24) is 15.2 Å². The van der Waals surface area contributed by atoms with Gasteiger partial charge in [0.1, 0.15) is 17.7 Å². The van der Waals surface area contributed by atoms with Gasteiger partial charge in [-0.1, -0.05) is 0 Å². The summed E-state index contributed by atoms with van der Waals surface area (Å²) in [5, 5.41) is 9.99. The van der Waals surface area contributed by atoms with Crippen molar-refractivity contribution in [2.75, 3.05) is 23.3 Å². The summed E-state index contributed by atoms with van der Waals surface area (Å²) in [4.78, 5) is 18.5. The fraction of sp³-hybridized carbons (Fsp3) is 0.200. The van der Waals surface area contributed by atoms with Crippen LogP contribution >= 0.6 is 0 Å². The van der Waals surface area contributed by atoms with Crippen LogP contribution in [-0.2, 0) is 6.18 Å². The van der Waals surface area contributed by atoms with E-state index >= 15 is 0 Å². The number of nitrogens with one attached hydrogen (secondary N) is 1. The molecule has 11 heteroatoms. The highest BCUT2D eigenvalue weighted by atomic mass is 19.4. The van der Waals surface area contributed by atoms with Crippen LogP contribution in [0.15, 0.2) is 55.0 Å². The molecule has 0 radical (unpaired) electrons. The molecule has 0 bridgehead atoms. The topological polar surface area (TPSA) is 80.2 Å². The summed E-state index contributed by atoms with van der Waals surface area (Å²) in [5.74, 6) is -1.68. The Bertz CT molecular complexity index is 1090. The predicted octanol–water partition coefficient (Wildman–Crippen LogP) is 3.55. The fourth-order valence-electron chi connectivity index (χ4n) is 3.08. The monoisotopic (exact) mass is 433 g/mol. The van der Waals surface area contributed by atoms with Crippen molar-refractivity contribution in [2.24, 2.45) is 0 Å². The number of halogens is 4. The number of pyridine rings is 1. The second-order valence-electron chi connectivity index (χ2n) is 6.77. The largest absolute Gasteiger partial charge is 0.487 e. The van der Waals surface area contributed by atoms with Gasteiger partial charge in [0.05, 0.1) is 42.4 Å². The summed E-state index contributed by atoms with van der Waals surface area (Å²) in [6, 6.07) is 7.03. The van der Waals surface area contributed by atoms with E-state index in [0.717, 1.165) is 12.1 Å². The molecule has 3 aromatic rings. The number of nitrogens with zero attached hydrogens (tertiary/aromatic N) is 4. The summed E-state index contributed by atoms with van der Waals surface area (Å²) in [7, 11) is 0. The SMILES string of the molecule is O=C(Nc1ccnnc1)c1ncccc1N1CC(Oc2cc(F)cc(C(F)(F)F)c2)C1. The van der Waals surface area contributed by atoms with E-state index in [0.29, 0.717) is 30.5 Å². The third-order valence-electron chi connectivity index (χ3n) is 4.53. The number of anilines is 2. The molecule has 0 spiro atoms. The predicted molar refractivity (Wildman–Crippen MR) is 102 cm³/mol. The van der Waals surface area contributed by atoms with Crippen LogP contribution in [0.3, 0.4) is 0 Å². The Morgan fingerprint density at radius 3 is 2.65 bits per heavy atom. The summed E-state index contributed by atoms with van der Waals surface area (Å²) in [6.07, 6.45) is -0.842. The lowest BCUT2D eigenvalue weighted by Gasteiger charge is -2.41. The Balaban J connectivity index is 1.43. The molecular weight excluding hydrogens is 418 g/mol. The van der Waals surface area contributed by atoms with Gasteiger partial charge >= 0.3 is 6.18 Å². The van der Waals surface area contributed by atoms with Crippen molar-refractivity contribution in [1.29, 1.82) is 0 Å². The molecule has 1 amide bonds. The number of hydrogen-bond acceptors (Lipinski definition) is 6. The Morgan fingerprint density at radius 2 is 1.94 bits per heavy atom. The molecule has 1 N–H and O–H groups in total. The maximum absolute atomic E-state index is 13.5. The van der Waals surface area contributed by atoms with E-state index in [1.54, 1.807) is 23.1 Å². The summed E-state index contributed by atoms with van der Waals surface area (Å²) < 4.78 is 57.6. The Morgan fingerprint density at radius 1 is 1.13 bits per heavy atom. The number of alkyl halides is 3. The number of ether oxygens (including phenoxy) is 1. The molecule has 0 saturated carbocycles. The highest BCUT2D eigenvalue weighted by Gasteiger charge is 2.34. The second-order valence-corrected chi connectivity index (χ2v) is 6.77. The summed E-state index contributed by atoms with van der Waals surface area (Å²) >= 11 is 0. The molecule has 0 aliphatic carbocycles. The number of rotatable bonds is 5. The molecule has 1 fully saturated rings. The van der Waals surface area contributed by atoms with Crippen LogP contribution in [0.4, 0.5) is 28.9 Å². The summed E-state index contributed by atoms with van der Waals surface area (Å²) in [6.45, 7) is 0.585. The van der Waals surface area contributed by atoms with Crippen molar-refractivity contribution in [3.8, 4) is 5.75 Å². The van der Waals surface area contributed by atoms with Gasteiger partial charge < -0.3 is 15.0 Å². The molecule has 0 unspecified atom stereocenters. The zero-order valence-corrected chi connectivity index (χ0v) is 15.8. The molecule has 4 rings (SSSR count). The molecule has 1 aliphatic rings. The number of carbonyl (C=O) groups excluding carboxylic acids is 1. The highest BCUT2D eigenvalue weighted by molar-refractivity contribution is 6.06. The van der Waals surface area contributed by atoms with Crippen molar-refractivity contribution in [2.45, 2.75) is 12.3 Å². The van der Waals surface area contributed by atoms with Crippen molar-refractivity contribution < 1.29 is 27.1 Å². The van der Waals surface area contributed by atoms with E-state index in [1.165, 1.54) is 18.6 Å². The first kappa shape index (κ1) is 20.5. The van der Waals surface area contributed by atoms with E-state index in [1.807, 2.05) is 0 Å². The van der Waals surface area contributed by atoms with Crippen molar-refractivity contribution in [3.63, 3.8) is 0 Å². The van der Waals surface area contributed by atoms with Gasteiger partial charge in [-0.05, 0) is 30.3 Å². The minimum atomic E-state index is -4.67. The first-order valence-electron chi connectivity index (χ1n) is 9.12. The molecule has 0 atom stereocenters. The molecule has 7 nitrogen and oxygen atoms in total. The summed E-state index contributed by atoms with van der Waals surface area (Å²) in [5.41, 5.74) is 0.0449. The van der Waals surface area contributed by atoms with Gasteiger partial charge in [0.15, 0.2) is 5.69 Å². The Hall–Kier alpha value is -3.76. The van der Waals surface area contributed by atoms with Crippen LogP contribution in [0, 0.1) is 5.82 Å². The Kier molecular flexibility index (Phi) is 5.40. The minimum Gasteiger partial charge on any atom is -0.487 e. The molecule has 1 aromatic carbocycles. The first-order chi connectivity index (χ1) is 14.8. The number of carbonyl (C=O) groups is 1. The highest BCUT2D eigenvalue weighted by Crippen LogP contribution is 2.33. The lowest BCUT2D eigenvalue weighted by molar-refractivity contribution is -0.137. The van der Waals surface area contributed by atoms with Gasteiger partial charge in [-0.3, -0.25) is 4.79 Å². The van der Waals surface area contributed by atoms with E-state index in [4.69, 9.17) is 4.74 Å². The van der Waals surface area contributed by atoms with Crippen LogP contribution in [0.1, 0.15) is 16.1 Å². The Labute approximate surface area is 173 Å². The van der Waals surface area contributed by atoms with E-state index in [-0.39, 0.29) is 11.4 Å². The standard InChI is InChI=1S/C20H15F4N5O2/c21-13-6-12(20(22,23)24)7-15(8-13)31-16-10-29(11-16)17-2-1-4-25-18(17)19(30)28-14-3-5-26-27-9-14/h1-9,16H,10-11H2,(H,26,28,30). The van der Waals surface area contributed by atoms with E-state index in [2.05, 4.69) is 20.5 Å². The molecule has 2 aromatic heterocycles. The lowest BCUT2D eigenvalue weighted by Crippen LogP contribution is -2.54. The maximum Gasteiger partial charge on any atom is 0.416 e. The van der Waals surface area contributed by atoms with Crippen LogP contribution in [-0.4, -0.2) is 40.3 Å². The van der Waals surface area contributed by atoms with Crippen LogP contribution in [0.25, 0.3) is 0 Å². The second kappa shape index (κ2) is 8.17. The number of benzene rings is 1. The number of hydrogen-bond donors (Lipinski definition) is 1. The average Bonchev–Trinajstić information content (AvgIpc) is 2.70. The zero-order chi connectivity index (χ0) is 22.0. The van der Waals surface area contributed by atoms with Crippen LogP contribution in [0.5, 0.6) is 5.75 Å². The zero-order valence-electron chi connectivity index (χ0n) is 15.8. The van der Waals surface area contributed by atoms with E-state index < -0.39 is 29.6 Å². The van der Waals surface area contributed by atoms with Gasteiger partial charge in [-0.25, -0.2) is 9.37 Å². The third kappa shape index (κ3) is 4.71. The first-order valence-corrected chi connectivity index (χ1v) is 9.12.